The molecule has 0 bridgehead atoms. The Balaban J connectivity index is 2.24. The van der Waals surface area contributed by atoms with Crippen LogP contribution in [0, 0.1) is 23.2 Å². The van der Waals surface area contributed by atoms with E-state index >= 15 is 0 Å². The maximum absolute atomic E-state index is 2.69. The molecule has 0 heteroatoms. The van der Waals surface area contributed by atoms with Crippen LogP contribution in [0.4, 0.5) is 0 Å². The molecule has 0 aromatic rings. The number of rotatable bonds is 10. The molecule has 0 N–H and O–H groups in total. The summed E-state index contributed by atoms with van der Waals surface area (Å²) in [5, 5.41) is 0. The van der Waals surface area contributed by atoms with Crippen molar-refractivity contribution in [1.29, 1.82) is 0 Å². The molecule has 0 heterocycles. The van der Waals surface area contributed by atoms with Gasteiger partial charge in [-0.1, -0.05) is 83.6 Å². The Kier molecular flexibility index (Phi) is 8.30. The molecule has 0 nitrogen and oxygen atoms in total. The summed E-state index contributed by atoms with van der Waals surface area (Å²) < 4.78 is 0. The predicted octanol–water partition coefficient (Wildman–Crippen LogP) is 8.48. The second-order valence-corrected chi connectivity index (χ2v) is 9.22. The summed E-state index contributed by atoms with van der Waals surface area (Å²) in [4.78, 5) is 0. The third kappa shape index (κ3) is 4.81. The first-order valence-electron chi connectivity index (χ1n) is 11.5. The molecule has 3 atom stereocenters. The summed E-state index contributed by atoms with van der Waals surface area (Å²) in [6.45, 7) is 11.8. The molecule has 2 aliphatic carbocycles. The lowest BCUT2D eigenvalue weighted by Gasteiger charge is -2.41. The highest BCUT2D eigenvalue weighted by atomic mass is 14.6. The first kappa shape index (κ1) is 20.8. The summed E-state index contributed by atoms with van der Waals surface area (Å²) in [7, 11) is 0. The normalized spacial score (nSPS) is 29.8. The van der Waals surface area contributed by atoms with Crippen LogP contribution in [0.15, 0.2) is 23.3 Å². The fraction of sp³-hybridized carbons (Fsp3) is 0.840. The minimum Gasteiger partial charge on any atom is -0.0848 e. The highest BCUT2D eigenvalue weighted by Crippen LogP contribution is 2.61. The standard InChI is InChI=1S/C25H44/c1-6-9-10-13-22(16-15-20(4)5)24-14-11-18-25(24)19-17-21(8-3)23(25)12-7-2/h16-17,20,23-24H,6-15,18-19H2,1-5H3/b22-16+. The molecule has 0 aliphatic heterocycles. The van der Waals surface area contributed by atoms with Gasteiger partial charge >= 0.3 is 0 Å². The zero-order valence-corrected chi connectivity index (χ0v) is 17.9. The van der Waals surface area contributed by atoms with Crippen LogP contribution in [0.2, 0.25) is 0 Å². The predicted molar refractivity (Wildman–Crippen MR) is 113 cm³/mol. The van der Waals surface area contributed by atoms with Crippen LogP contribution in [-0.2, 0) is 0 Å². The third-order valence-corrected chi connectivity index (χ3v) is 7.07. The van der Waals surface area contributed by atoms with Crippen LogP contribution in [-0.4, -0.2) is 0 Å². The van der Waals surface area contributed by atoms with Gasteiger partial charge in [0.25, 0.3) is 0 Å². The number of allylic oxidation sites excluding steroid dienone is 4. The zero-order valence-electron chi connectivity index (χ0n) is 17.9. The van der Waals surface area contributed by atoms with E-state index in [1.807, 2.05) is 5.57 Å². The highest BCUT2D eigenvalue weighted by Gasteiger charge is 2.51. The van der Waals surface area contributed by atoms with E-state index < -0.39 is 0 Å². The average Bonchev–Trinajstić information content (AvgIpc) is 3.17. The van der Waals surface area contributed by atoms with Crippen molar-refractivity contribution in [3.05, 3.63) is 23.3 Å². The van der Waals surface area contributed by atoms with E-state index in [1.54, 1.807) is 5.57 Å². The lowest BCUT2D eigenvalue weighted by Crippen LogP contribution is -2.33. The van der Waals surface area contributed by atoms with Gasteiger partial charge in [0.15, 0.2) is 0 Å². The van der Waals surface area contributed by atoms with Crippen LogP contribution in [0.25, 0.3) is 0 Å². The van der Waals surface area contributed by atoms with Crippen molar-refractivity contribution in [2.45, 2.75) is 112 Å². The Morgan fingerprint density at radius 2 is 2.00 bits per heavy atom. The number of unbranched alkanes of at least 4 members (excludes halogenated alkanes) is 2. The quantitative estimate of drug-likeness (QED) is 0.275. The summed E-state index contributed by atoms with van der Waals surface area (Å²) >= 11 is 0. The summed E-state index contributed by atoms with van der Waals surface area (Å²) in [6, 6.07) is 0. The van der Waals surface area contributed by atoms with E-state index in [2.05, 4.69) is 46.8 Å². The molecule has 0 radical (unpaired) electrons. The van der Waals surface area contributed by atoms with Crippen LogP contribution in [0.5, 0.6) is 0 Å². The van der Waals surface area contributed by atoms with Crippen molar-refractivity contribution in [2.24, 2.45) is 23.2 Å². The molecular weight excluding hydrogens is 300 g/mol. The van der Waals surface area contributed by atoms with Crippen LogP contribution in [0.1, 0.15) is 112 Å². The van der Waals surface area contributed by atoms with E-state index in [0.29, 0.717) is 5.41 Å². The van der Waals surface area contributed by atoms with E-state index in [1.165, 1.54) is 77.0 Å². The van der Waals surface area contributed by atoms with Gasteiger partial charge in [0, 0.05) is 0 Å². The van der Waals surface area contributed by atoms with Crippen molar-refractivity contribution in [2.75, 3.05) is 0 Å². The molecule has 0 aromatic carbocycles. The van der Waals surface area contributed by atoms with Crippen LogP contribution >= 0.6 is 0 Å². The van der Waals surface area contributed by atoms with Crippen molar-refractivity contribution in [3.63, 3.8) is 0 Å². The van der Waals surface area contributed by atoms with E-state index in [0.717, 1.165) is 17.8 Å². The molecule has 144 valence electrons. The van der Waals surface area contributed by atoms with Crippen molar-refractivity contribution in [3.8, 4) is 0 Å². The van der Waals surface area contributed by atoms with E-state index in [4.69, 9.17) is 0 Å². The van der Waals surface area contributed by atoms with Gasteiger partial charge in [-0.2, -0.15) is 0 Å². The fourth-order valence-corrected chi connectivity index (χ4v) is 5.82. The fourth-order valence-electron chi connectivity index (χ4n) is 5.82. The van der Waals surface area contributed by atoms with E-state index in [-0.39, 0.29) is 0 Å². The minimum absolute atomic E-state index is 0.594. The van der Waals surface area contributed by atoms with Gasteiger partial charge in [0.2, 0.25) is 0 Å². The molecule has 3 unspecified atom stereocenters. The Labute approximate surface area is 158 Å². The van der Waals surface area contributed by atoms with Gasteiger partial charge in [0.1, 0.15) is 0 Å². The SMILES string of the molecule is CCCCC/C(=C\CC(C)C)C1CCCC12CC=C(CC)C2CCC. The molecule has 0 amide bonds. The number of hydrogen-bond donors (Lipinski definition) is 0. The zero-order chi connectivity index (χ0) is 18.3. The first-order valence-corrected chi connectivity index (χ1v) is 11.5. The molecule has 2 aliphatic rings. The Morgan fingerprint density at radius 1 is 1.20 bits per heavy atom. The lowest BCUT2D eigenvalue weighted by atomic mass is 9.63. The first-order chi connectivity index (χ1) is 12.1. The van der Waals surface area contributed by atoms with Gasteiger partial charge < -0.3 is 0 Å². The Morgan fingerprint density at radius 3 is 2.64 bits per heavy atom. The molecule has 1 spiro atoms. The Hall–Kier alpha value is -0.520. The second-order valence-electron chi connectivity index (χ2n) is 9.22. The van der Waals surface area contributed by atoms with Gasteiger partial charge in [-0.15, -0.1) is 0 Å². The summed E-state index contributed by atoms with van der Waals surface area (Å²) in [5.74, 6) is 2.54. The van der Waals surface area contributed by atoms with E-state index in [9.17, 15) is 0 Å². The van der Waals surface area contributed by atoms with Gasteiger partial charge in [0.05, 0.1) is 0 Å². The second kappa shape index (κ2) is 9.98. The molecule has 0 saturated heterocycles. The van der Waals surface area contributed by atoms with Gasteiger partial charge in [-0.3, -0.25) is 0 Å². The topological polar surface area (TPSA) is 0 Å². The minimum atomic E-state index is 0.594. The third-order valence-electron chi connectivity index (χ3n) is 7.07. The van der Waals surface area contributed by atoms with Crippen molar-refractivity contribution in [1.82, 2.24) is 0 Å². The van der Waals surface area contributed by atoms with Crippen LogP contribution in [0.3, 0.4) is 0 Å². The molecule has 1 saturated carbocycles. The highest BCUT2D eigenvalue weighted by molar-refractivity contribution is 5.27. The monoisotopic (exact) mass is 344 g/mol. The Bertz CT molecular complexity index is 453. The molecular formula is C25H44. The van der Waals surface area contributed by atoms with Gasteiger partial charge in [-0.05, 0) is 74.5 Å². The van der Waals surface area contributed by atoms with Crippen LogP contribution < -0.4 is 0 Å². The van der Waals surface area contributed by atoms with Crippen molar-refractivity contribution >= 4 is 0 Å². The average molecular weight is 345 g/mol. The molecule has 1 fully saturated rings. The van der Waals surface area contributed by atoms with Gasteiger partial charge in [-0.25, -0.2) is 0 Å². The molecule has 2 rings (SSSR count). The molecule has 25 heavy (non-hydrogen) atoms. The maximum Gasteiger partial charge on any atom is -0.0132 e. The number of hydrogen-bond acceptors (Lipinski definition) is 0. The lowest BCUT2D eigenvalue weighted by molar-refractivity contribution is 0.151. The largest absolute Gasteiger partial charge is 0.0848 e. The molecule has 0 aromatic heterocycles. The van der Waals surface area contributed by atoms with Crippen molar-refractivity contribution < 1.29 is 0 Å². The summed E-state index contributed by atoms with van der Waals surface area (Å²) in [6.07, 6.45) is 21.9. The summed E-state index contributed by atoms with van der Waals surface area (Å²) in [5.41, 5.74) is 4.24. The maximum atomic E-state index is 2.69. The smallest absolute Gasteiger partial charge is 0.0132 e.